The third kappa shape index (κ3) is 2.20. The van der Waals surface area contributed by atoms with Crippen molar-refractivity contribution >= 4 is 19.1 Å². The molecule has 1 aromatic carbocycles. The molecule has 87 valence electrons. The molecule has 3 atom stereocenters. The summed E-state index contributed by atoms with van der Waals surface area (Å²) in [6.07, 6.45) is -1.03. The molecule has 5 heteroatoms. The Balaban J connectivity index is 2.22. The van der Waals surface area contributed by atoms with Crippen molar-refractivity contribution < 1.29 is 14.7 Å². The normalized spacial score (nSPS) is 30.3. The minimum absolute atomic E-state index is 0.182. The average Bonchev–Trinajstić information content (AvgIpc) is 2.26. The van der Waals surface area contributed by atoms with E-state index in [9.17, 15) is 10.2 Å². The van der Waals surface area contributed by atoms with E-state index in [1.807, 2.05) is 13.0 Å². The van der Waals surface area contributed by atoms with Crippen molar-refractivity contribution in [2.45, 2.75) is 19.1 Å². The highest BCUT2D eigenvalue weighted by Gasteiger charge is 2.30. The molecule has 1 heterocycles. The van der Waals surface area contributed by atoms with Crippen LogP contribution in [0.5, 0.6) is 0 Å². The molecular weight excluding hydrogens is 225 g/mol. The van der Waals surface area contributed by atoms with Crippen LogP contribution in [0.3, 0.4) is 0 Å². The maximum Gasteiger partial charge on any atom is 0.104 e. The molecule has 3 unspecified atom stereocenters. The van der Waals surface area contributed by atoms with Crippen molar-refractivity contribution in [3.63, 3.8) is 0 Å². The molecule has 0 aromatic heterocycles. The van der Waals surface area contributed by atoms with Crippen LogP contribution in [0.2, 0.25) is 0 Å². The van der Waals surface area contributed by atoms with Gasteiger partial charge in [0.2, 0.25) is 0 Å². The molecule has 1 aliphatic heterocycles. The van der Waals surface area contributed by atoms with Crippen LogP contribution in [-0.4, -0.2) is 35.2 Å². The largest absolute Gasteiger partial charge is 0.398 e. The smallest absolute Gasteiger partial charge is 0.104 e. The topological polar surface area (TPSA) is 75.7 Å². The van der Waals surface area contributed by atoms with Gasteiger partial charge in [0.1, 0.15) is 6.10 Å². The van der Waals surface area contributed by atoms with Gasteiger partial charge in [-0.05, 0) is 30.7 Å². The Kier molecular flexibility index (Phi) is 3.45. The van der Waals surface area contributed by atoms with Crippen LogP contribution in [0, 0.1) is 13.0 Å². The Labute approximate surface area is 95.9 Å². The van der Waals surface area contributed by atoms with Crippen molar-refractivity contribution in [2.24, 2.45) is 0 Å². The molecule has 16 heavy (non-hydrogen) atoms. The number of rotatable bonds is 1. The number of benzene rings is 1. The number of nitrogen functional groups attached to an aromatic ring is 1. The van der Waals surface area contributed by atoms with Crippen molar-refractivity contribution in [1.82, 2.24) is 0 Å². The van der Waals surface area contributed by atoms with Crippen LogP contribution < -0.4 is 11.0 Å². The van der Waals surface area contributed by atoms with Gasteiger partial charge in [-0.3, -0.25) is 0 Å². The molecule has 1 radical (unpaired) electrons. The molecule has 1 aromatic rings. The molecule has 0 spiro atoms. The lowest BCUT2D eigenvalue weighted by molar-refractivity contribution is -0.00560. The lowest BCUT2D eigenvalue weighted by atomic mass is 10.2. The number of aliphatic hydroxyl groups is 2. The molecule has 4 nitrogen and oxygen atoms in total. The standard InChI is InChI=1S/C11H15NO3P/c1-7-8(12)3-2-4-11(7)16-6-10(14)9(13)5-15-16/h3-4,9-10,13-14H,5-6,12H2,1H3. The highest BCUT2D eigenvalue weighted by atomic mass is 31.1. The van der Waals surface area contributed by atoms with E-state index in [0.717, 1.165) is 10.9 Å². The third-order valence-corrected chi connectivity index (χ3v) is 4.91. The molecule has 0 bridgehead atoms. The number of aliphatic hydroxyl groups excluding tert-OH is 2. The quantitative estimate of drug-likeness (QED) is 0.482. The Bertz CT molecular complexity index is 385. The summed E-state index contributed by atoms with van der Waals surface area (Å²) in [7, 11) is -0.891. The number of anilines is 1. The van der Waals surface area contributed by atoms with Crippen molar-refractivity contribution in [2.75, 3.05) is 18.5 Å². The molecule has 4 N–H and O–H groups in total. The van der Waals surface area contributed by atoms with E-state index in [0.29, 0.717) is 11.8 Å². The summed E-state index contributed by atoms with van der Waals surface area (Å²) in [5.74, 6) is 0. The summed E-state index contributed by atoms with van der Waals surface area (Å²) in [6.45, 7) is 2.11. The second kappa shape index (κ2) is 4.68. The second-order valence-electron chi connectivity index (χ2n) is 3.91. The van der Waals surface area contributed by atoms with Crippen molar-refractivity contribution in [1.29, 1.82) is 0 Å². The van der Waals surface area contributed by atoms with Crippen LogP contribution in [-0.2, 0) is 4.52 Å². The summed E-state index contributed by atoms with van der Waals surface area (Å²) < 4.78 is 5.56. The zero-order chi connectivity index (χ0) is 11.7. The van der Waals surface area contributed by atoms with E-state index in [4.69, 9.17) is 10.3 Å². The fourth-order valence-corrected chi connectivity index (χ4v) is 3.70. The molecule has 0 aliphatic carbocycles. The maximum absolute atomic E-state index is 9.61. The highest BCUT2D eigenvalue weighted by Crippen LogP contribution is 2.41. The molecule has 0 amide bonds. The summed E-state index contributed by atoms with van der Waals surface area (Å²) >= 11 is 0. The summed E-state index contributed by atoms with van der Waals surface area (Å²) in [5.41, 5.74) is 7.47. The zero-order valence-electron chi connectivity index (χ0n) is 9.05. The van der Waals surface area contributed by atoms with Gasteiger partial charge in [0.15, 0.2) is 0 Å². The van der Waals surface area contributed by atoms with E-state index in [-0.39, 0.29) is 6.61 Å². The lowest BCUT2D eigenvalue weighted by Gasteiger charge is -2.31. The highest BCUT2D eigenvalue weighted by molar-refractivity contribution is 7.61. The van der Waals surface area contributed by atoms with E-state index in [1.54, 1.807) is 6.07 Å². The average molecular weight is 240 g/mol. The monoisotopic (exact) mass is 240 g/mol. The first-order chi connectivity index (χ1) is 7.59. The van der Waals surface area contributed by atoms with Crippen LogP contribution in [0.1, 0.15) is 5.56 Å². The summed E-state index contributed by atoms with van der Waals surface area (Å²) in [6, 6.07) is 6.54. The SMILES string of the molecule is Cc1c(N)c[c]cc1P1CC(O)C(O)CO1. The minimum Gasteiger partial charge on any atom is -0.398 e. The molecule has 1 fully saturated rings. The van der Waals surface area contributed by atoms with Crippen molar-refractivity contribution in [3.05, 3.63) is 23.8 Å². The molecule has 1 saturated heterocycles. The van der Waals surface area contributed by atoms with Gasteiger partial charge in [0.25, 0.3) is 0 Å². The van der Waals surface area contributed by atoms with Crippen LogP contribution in [0.15, 0.2) is 12.1 Å². The lowest BCUT2D eigenvalue weighted by Crippen LogP contribution is -2.38. The number of hydrogen-bond donors (Lipinski definition) is 3. The van der Waals surface area contributed by atoms with Gasteiger partial charge in [-0.2, -0.15) is 0 Å². The van der Waals surface area contributed by atoms with Gasteiger partial charge in [-0.15, -0.1) is 0 Å². The Morgan fingerprint density at radius 2 is 2.19 bits per heavy atom. The third-order valence-electron chi connectivity index (χ3n) is 2.74. The predicted octanol–water partition coefficient (Wildman–Crippen LogP) is 0.152. The Hall–Kier alpha value is -0.670. The van der Waals surface area contributed by atoms with E-state index >= 15 is 0 Å². The second-order valence-corrected chi connectivity index (χ2v) is 5.77. The van der Waals surface area contributed by atoms with E-state index < -0.39 is 20.4 Å². The van der Waals surface area contributed by atoms with Crippen LogP contribution in [0.4, 0.5) is 5.69 Å². The van der Waals surface area contributed by atoms with Gasteiger partial charge in [0.05, 0.1) is 20.9 Å². The Morgan fingerprint density at radius 1 is 1.44 bits per heavy atom. The van der Waals surface area contributed by atoms with Gasteiger partial charge < -0.3 is 20.5 Å². The molecule has 0 saturated carbocycles. The van der Waals surface area contributed by atoms with Crippen LogP contribution >= 0.6 is 8.15 Å². The first kappa shape index (κ1) is 11.8. The zero-order valence-corrected chi connectivity index (χ0v) is 9.95. The Morgan fingerprint density at radius 3 is 2.88 bits per heavy atom. The summed E-state index contributed by atoms with van der Waals surface area (Å²) in [4.78, 5) is 0. The minimum atomic E-state index is -0.891. The summed E-state index contributed by atoms with van der Waals surface area (Å²) in [5, 5.41) is 20.0. The first-order valence-corrected chi connectivity index (χ1v) is 6.57. The van der Waals surface area contributed by atoms with Gasteiger partial charge >= 0.3 is 0 Å². The maximum atomic E-state index is 9.61. The van der Waals surface area contributed by atoms with Gasteiger partial charge in [-0.1, -0.05) is 0 Å². The first-order valence-electron chi connectivity index (χ1n) is 5.12. The fraction of sp³-hybridized carbons (Fsp3) is 0.455. The number of nitrogens with two attached hydrogens (primary N) is 1. The van der Waals surface area contributed by atoms with Crippen molar-refractivity contribution in [3.8, 4) is 0 Å². The van der Waals surface area contributed by atoms with Gasteiger partial charge in [-0.25, -0.2) is 0 Å². The number of hydrogen-bond acceptors (Lipinski definition) is 4. The van der Waals surface area contributed by atoms with E-state index in [1.165, 1.54) is 0 Å². The molecule has 2 rings (SSSR count). The van der Waals surface area contributed by atoms with Gasteiger partial charge in [0, 0.05) is 17.2 Å². The predicted molar refractivity (Wildman–Crippen MR) is 63.8 cm³/mol. The van der Waals surface area contributed by atoms with Crippen LogP contribution in [0.25, 0.3) is 0 Å². The van der Waals surface area contributed by atoms with E-state index in [2.05, 4.69) is 6.07 Å². The molecular formula is C11H15NO3P. The molecule has 1 aliphatic rings. The fourth-order valence-electron chi connectivity index (χ4n) is 1.62.